The van der Waals surface area contributed by atoms with Gasteiger partial charge in [-0.2, -0.15) is 0 Å². The molecule has 0 radical (unpaired) electrons. The summed E-state index contributed by atoms with van der Waals surface area (Å²) in [4.78, 5) is 0. The maximum absolute atomic E-state index is 11.9. The molecule has 1 aliphatic heterocycles. The predicted octanol–water partition coefficient (Wildman–Crippen LogP) is 0.979. The van der Waals surface area contributed by atoms with Crippen molar-refractivity contribution >= 4 is 9.84 Å². The first-order valence-electron chi connectivity index (χ1n) is 6.12. The molecule has 0 saturated carbocycles. The lowest BCUT2D eigenvalue weighted by Crippen LogP contribution is -2.31. The molecule has 0 aromatic rings. The van der Waals surface area contributed by atoms with Gasteiger partial charge >= 0.3 is 0 Å². The van der Waals surface area contributed by atoms with E-state index >= 15 is 0 Å². The second kappa shape index (κ2) is 7.31. The highest BCUT2D eigenvalue weighted by atomic mass is 32.2. The van der Waals surface area contributed by atoms with Crippen molar-refractivity contribution in [3.05, 3.63) is 0 Å². The topological polar surface area (TPSA) is 61.8 Å². The normalized spacial score (nSPS) is 21.2. The molecule has 1 unspecified atom stereocenters. The summed E-state index contributed by atoms with van der Waals surface area (Å²) in [7, 11) is -3.18. The smallest absolute Gasteiger partial charge is 0.171 e. The van der Waals surface area contributed by atoms with Gasteiger partial charge in [0.05, 0.1) is 11.9 Å². The third-order valence-electron chi connectivity index (χ3n) is 2.56. The largest absolute Gasteiger partial charge is 0.377 e. The average Bonchev–Trinajstić information content (AvgIpc) is 2.69. The van der Waals surface area contributed by atoms with Crippen LogP contribution in [0.4, 0.5) is 0 Å². The molecule has 1 rings (SSSR count). The van der Waals surface area contributed by atoms with Gasteiger partial charge in [-0.1, -0.05) is 0 Å². The standard InChI is InChI=1S/C11H22O5S/c1-3-14-11(15-4-2)9-17(12,13)8-10-6-5-7-16-10/h10-11H,3-9H2,1-2H3. The van der Waals surface area contributed by atoms with E-state index in [1.165, 1.54) is 0 Å². The highest BCUT2D eigenvalue weighted by Gasteiger charge is 2.26. The van der Waals surface area contributed by atoms with Crippen LogP contribution in [0.25, 0.3) is 0 Å². The van der Waals surface area contributed by atoms with E-state index in [-0.39, 0.29) is 17.6 Å². The maximum atomic E-state index is 11.9. The number of ether oxygens (including phenoxy) is 3. The molecule has 0 aliphatic carbocycles. The van der Waals surface area contributed by atoms with Gasteiger partial charge in [-0.05, 0) is 26.7 Å². The SMILES string of the molecule is CCOC(CS(=O)(=O)CC1CCCO1)OCC. The van der Waals surface area contributed by atoms with E-state index < -0.39 is 16.1 Å². The van der Waals surface area contributed by atoms with E-state index in [0.717, 1.165) is 12.8 Å². The van der Waals surface area contributed by atoms with Crippen molar-refractivity contribution in [3.8, 4) is 0 Å². The lowest BCUT2D eigenvalue weighted by Gasteiger charge is -2.18. The van der Waals surface area contributed by atoms with E-state index in [0.29, 0.717) is 19.8 Å². The molecule has 6 heteroatoms. The molecule has 1 heterocycles. The zero-order chi connectivity index (χ0) is 12.7. The Kier molecular flexibility index (Phi) is 6.40. The Hall–Kier alpha value is -0.170. The molecule has 1 saturated heterocycles. The van der Waals surface area contributed by atoms with Crippen LogP contribution in [0, 0.1) is 0 Å². The molecule has 0 aromatic heterocycles. The van der Waals surface area contributed by atoms with Gasteiger partial charge in [0, 0.05) is 19.8 Å². The van der Waals surface area contributed by atoms with E-state index in [4.69, 9.17) is 14.2 Å². The van der Waals surface area contributed by atoms with Gasteiger partial charge in [-0.3, -0.25) is 0 Å². The van der Waals surface area contributed by atoms with Gasteiger partial charge in [0.1, 0.15) is 5.75 Å². The van der Waals surface area contributed by atoms with Crippen LogP contribution in [0.15, 0.2) is 0 Å². The Labute approximate surface area is 103 Å². The van der Waals surface area contributed by atoms with Crippen LogP contribution in [0.1, 0.15) is 26.7 Å². The molecule has 0 amide bonds. The molecule has 0 aromatic carbocycles. The van der Waals surface area contributed by atoms with E-state index in [2.05, 4.69) is 0 Å². The third-order valence-corrected chi connectivity index (χ3v) is 4.22. The zero-order valence-corrected chi connectivity index (χ0v) is 11.4. The lowest BCUT2D eigenvalue weighted by atomic mass is 10.3. The summed E-state index contributed by atoms with van der Waals surface area (Å²) in [5.41, 5.74) is 0. The van der Waals surface area contributed by atoms with Crippen LogP contribution in [0.3, 0.4) is 0 Å². The van der Waals surface area contributed by atoms with Crippen molar-refractivity contribution in [1.29, 1.82) is 0 Å². The number of hydrogen-bond acceptors (Lipinski definition) is 5. The van der Waals surface area contributed by atoms with Crippen LogP contribution >= 0.6 is 0 Å². The summed E-state index contributed by atoms with van der Waals surface area (Å²) < 4.78 is 39.6. The highest BCUT2D eigenvalue weighted by Crippen LogP contribution is 2.15. The Morgan fingerprint density at radius 3 is 2.41 bits per heavy atom. The van der Waals surface area contributed by atoms with Gasteiger partial charge in [0.25, 0.3) is 0 Å². The van der Waals surface area contributed by atoms with Crippen molar-refractivity contribution < 1.29 is 22.6 Å². The first kappa shape index (κ1) is 14.9. The Bertz CT molecular complexity index is 289. The van der Waals surface area contributed by atoms with Gasteiger partial charge in [0.2, 0.25) is 0 Å². The van der Waals surface area contributed by atoms with E-state index in [1.807, 2.05) is 13.8 Å². The fraction of sp³-hybridized carbons (Fsp3) is 1.00. The Morgan fingerprint density at radius 1 is 1.29 bits per heavy atom. The quantitative estimate of drug-likeness (QED) is 0.613. The lowest BCUT2D eigenvalue weighted by molar-refractivity contribution is -0.120. The summed E-state index contributed by atoms with van der Waals surface area (Å²) in [6.45, 7) is 5.19. The summed E-state index contributed by atoms with van der Waals surface area (Å²) >= 11 is 0. The molecule has 0 N–H and O–H groups in total. The summed E-state index contributed by atoms with van der Waals surface area (Å²) in [6, 6.07) is 0. The van der Waals surface area contributed by atoms with Gasteiger partial charge in [0.15, 0.2) is 16.1 Å². The minimum Gasteiger partial charge on any atom is -0.377 e. The molecule has 0 bridgehead atoms. The minimum atomic E-state index is -3.18. The van der Waals surface area contributed by atoms with Crippen molar-refractivity contribution in [1.82, 2.24) is 0 Å². The molecule has 1 fully saturated rings. The second-order valence-corrected chi connectivity index (χ2v) is 6.21. The van der Waals surface area contributed by atoms with E-state index in [9.17, 15) is 8.42 Å². The Balaban J connectivity index is 2.44. The van der Waals surface area contributed by atoms with Crippen LogP contribution in [-0.4, -0.2) is 52.1 Å². The fourth-order valence-corrected chi connectivity index (χ4v) is 3.42. The minimum absolute atomic E-state index is 0.0731. The maximum Gasteiger partial charge on any atom is 0.171 e. The highest BCUT2D eigenvalue weighted by molar-refractivity contribution is 7.91. The second-order valence-electron chi connectivity index (χ2n) is 4.05. The first-order chi connectivity index (χ1) is 8.07. The van der Waals surface area contributed by atoms with Crippen molar-refractivity contribution in [2.24, 2.45) is 0 Å². The zero-order valence-electron chi connectivity index (χ0n) is 10.6. The van der Waals surface area contributed by atoms with Crippen molar-refractivity contribution in [2.45, 2.75) is 39.1 Å². The molecule has 5 nitrogen and oxygen atoms in total. The van der Waals surface area contributed by atoms with Crippen molar-refractivity contribution in [3.63, 3.8) is 0 Å². The monoisotopic (exact) mass is 266 g/mol. The van der Waals surface area contributed by atoms with Gasteiger partial charge in [-0.15, -0.1) is 0 Å². The third kappa shape index (κ3) is 5.81. The number of sulfone groups is 1. The average molecular weight is 266 g/mol. The molecular formula is C11H22O5S. The van der Waals surface area contributed by atoms with Crippen LogP contribution < -0.4 is 0 Å². The molecule has 102 valence electrons. The van der Waals surface area contributed by atoms with E-state index in [1.54, 1.807) is 0 Å². The molecular weight excluding hydrogens is 244 g/mol. The molecule has 1 atom stereocenters. The van der Waals surface area contributed by atoms with Crippen LogP contribution in [-0.2, 0) is 24.0 Å². The fourth-order valence-electron chi connectivity index (χ4n) is 1.85. The van der Waals surface area contributed by atoms with Gasteiger partial charge in [-0.25, -0.2) is 8.42 Å². The molecule has 17 heavy (non-hydrogen) atoms. The van der Waals surface area contributed by atoms with Crippen LogP contribution in [0.2, 0.25) is 0 Å². The van der Waals surface area contributed by atoms with Crippen molar-refractivity contribution in [2.75, 3.05) is 31.3 Å². The molecule has 1 aliphatic rings. The van der Waals surface area contributed by atoms with Crippen LogP contribution in [0.5, 0.6) is 0 Å². The molecule has 0 spiro atoms. The number of rotatable bonds is 8. The number of hydrogen-bond donors (Lipinski definition) is 0. The first-order valence-corrected chi connectivity index (χ1v) is 7.94. The summed E-state index contributed by atoms with van der Waals surface area (Å²) in [5.74, 6) is -0.0157. The summed E-state index contributed by atoms with van der Waals surface area (Å²) in [5, 5.41) is 0. The summed E-state index contributed by atoms with van der Waals surface area (Å²) in [6.07, 6.45) is 0.966. The predicted molar refractivity (Wildman–Crippen MR) is 64.7 cm³/mol. The van der Waals surface area contributed by atoms with Gasteiger partial charge < -0.3 is 14.2 Å². The Morgan fingerprint density at radius 2 is 1.94 bits per heavy atom.